The molecule has 0 aliphatic heterocycles. The van der Waals surface area contributed by atoms with Crippen molar-refractivity contribution in [1.82, 2.24) is 0 Å². The molecular weight excluding hydrogens is 260 g/mol. The third-order valence-corrected chi connectivity index (χ3v) is 4.16. The fourth-order valence-electron chi connectivity index (χ4n) is 2.79. The van der Waals surface area contributed by atoms with E-state index >= 15 is 0 Å². The second kappa shape index (κ2) is 5.66. The monoisotopic (exact) mass is 280 g/mol. The Balaban J connectivity index is 2.20. The van der Waals surface area contributed by atoms with Crippen LogP contribution in [-0.2, 0) is 0 Å². The summed E-state index contributed by atoms with van der Waals surface area (Å²) in [5, 5.41) is 23.8. The van der Waals surface area contributed by atoms with Crippen molar-refractivity contribution in [3.63, 3.8) is 0 Å². The van der Waals surface area contributed by atoms with Crippen LogP contribution < -0.4 is 10.1 Å². The first kappa shape index (κ1) is 14.6. The molecule has 2 rings (SSSR count). The highest BCUT2D eigenvalue weighted by Gasteiger charge is 2.38. The zero-order valence-corrected chi connectivity index (χ0v) is 11.8. The lowest BCUT2D eigenvalue weighted by molar-refractivity contribution is -0.385. The molecule has 0 saturated heterocycles. The van der Waals surface area contributed by atoms with E-state index in [2.05, 4.69) is 12.2 Å². The number of aliphatic hydroxyl groups is 1. The molecule has 1 aliphatic rings. The lowest BCUT2D eigenvalue weighted by Gasteiger charge is -2.31. The molecular formula is C14H20N2O4. The van der Waals surface area contributed by atoms with Crippen LogP contribution in [0.2, 0.25) is 0 Å². The Morgan fingerprint density at radius 3 is 2.95 bits per heavy atom. The summed E-state index contributed by atoms with van der Waals surface area (Å²) in [7, 11) is 1.42. The van der Waals surface area contributed by atoms with E-state index < -0.39 is 4.92 Å². The number of nitrogens with zero attached hydrogens (tertiary/aromatic N) is 1. The van der Waals surface area contributed by atoms with Crippen LogP contribution >= 0.6 is 0 Å². The zero-order valence-electron chi connectivity index (χ0n) is 11.8. The maximum atomic E-state index is 10.9. The number of rotatable bonds is 5. The molecule has 2 atom stereocenters. The van der Waals surface area contributed by atoms with Gasteiger partial charge in [0.1, 0.15) is 0 Å². The quantitative estimate of drug-likeness (QED) is 0.639. The highest BCUT2D eigenvalue weighted by molar-refractivity contribution is 5.58. The number of anilines is 1. The van der Waals surface area contributed by atoms with E-state index in [4.69, 9.17) is 4.74 Å². The van der Waals surface area contributed by atoms with Crippen molar-refractivity contribution in [2.24, 2.45) is 5.41 Å². The molecule has 2 unspecified atom stereocenters. The maximum absolute atomic E-state index is 10.9. The van der Waals surface area contributed by atoms with E-state index in [1.807, 2.05) is 0 Å². The van der Waals surface area contributed by atoms with Crippen molar-refractivity contribution in [3.8, 4) is 5.75 Å². The van der Waals surface area contributed by atoms with E-state index in [1.165, 1.54) is 13.2 Å². The number of aliphatic hydroxyl groups excluding tert-OH is 1. The summed E-state index contributed by atoms with van der Waals surface area (Å²) in [6.45, 7) is 2.19. The molecule has 0 bridgehead atoms. The summed E-state index contributed by atoms with van der Waals surface area (Å²) in [5.41, 5.74) is 0.586. The van der Waals surface area contributed by atoms with Crippen molar-refractivity contribution < 1.29 is 14.8 Å². The second-order valence-corrected chi connectivity index (χ2v) is 5.55. The summed E-state index contributed by atoms with van der Waals surface area (Å²) < 4.78 is 5.06. The van der Waals surface area contributed by atoms with Crippen molar-refractivity contribution in [2.75, 3.05) is 19.0 Å². The first-order chi connectivity index (χ1) is 9.50. The fraction of sp³-hybridized carbons (Fsp3) is 0.571. The van der Waals surface area contributed by atoms with Gasteiger partial charge in [-0.2, -0.15) is 0 Å². The Morgan fingerprint density at radius 1 is 1.60 bits per heavy atom. The number of ether oxygens (including phenoxy) is 1. The summed E-state index contributed by atoms with van der Waals surface area (Å²) in [6, 6.07) is 4.91. The predicted molar refractivity (Wildman–Crippen MR) is 76.1 cm³/mol. The van der Waals surface area contributed by atoms with Crippen LogP contribution in [0.3, 0.4) is 0 Å². The van der Waals surface area contributed by atoms with Crippen LogP contribution in [0.15, 0.2) is 18.2 Å². The third-order valence-electron chi connectivity index (χ3n) is 4.16. The molecule has 0 spiro atoms. The van der Waals surface area contributed by atoms with Gasteiger partial charge in [-0.15, -0.1) is 0 Å². The molecule has 6 heteroatoms. The van der Waals surface area contributed by atoms with Gasteiger partial charge in [0.05, 0.1) is 18.6 Å². The van der Waals surface area contributed by atoms with E-state index in [0.717, 1.165) is 24.9 Å². The molecule has 0 radical (unpaired) electrons. The largest absolute Gasteiger partial charge is 0.490 e. The first-order valence-corrected chi connectivity index (χ1v) is 6.70. The van der Waals surface area contributed by atoms with Gasteiger partial charge in [0.15, 0.2) is 5.75 Å². The SMILES string of the molecule is COc1cc(NC2CCCC2(C)CO)ccc1[N+](=O)[O-]. The Morgan fingerprint density at radius 2 is 2.35 bits per heavy atom. The lowest BCUT2D eigenvalue weighted by Crippen LogP contribution is -2.36. The van der Waals surface area contributed by atoms with Crippen LogP contribution in [0.4, 0.5) is 11.4 Å². The minimum Gasteiger partial charge on any atom is -0.490 e. The Kier molecular flexibility index (Phi) is 4.13. The average Bonchev–Trinajstić information content (AvgIpc) is 2.80. The van der Waals surface area contributed by atoms with Crippen molar-refractivity contribution in [3.05, 3.63) is 28.3 Å². The number of nitro benzene ring substituents is 1. The van der Waals surface area contributed by atoms with E-state index in [1.54, 1.807) is 12.1 Å². The molecule has 1 aromatic carbocycles. The maximum Gasteiger partial charge on any atom is 0.311 e. The number of nitrogens with one attached hydrogen (secondary N) is 1. The summed E-state index contributed by atoms with van der Waals surface area (Å²) >= 11 is 0. The molecule has 1 aromatic rings. The molecule has 1 saturated carbocycles. The van der Waals surface area contributed by atoms with Gasteiger partial charge in [0.2, 0.25) is 0 Å². The number of hydrogen-bond donors (Lipinski definition) is 2. The van der Waals surface area contributed by atoms with Gasteiger partial charge in [0, 0.05) is 29.3 Å². The highest BCUT2D eigenvalue weighted by Crippen LogP contribution is 2.40. The fourth-order valence-corrected chi connectivity index (χ4v) is 2.79. The van der Waals surface area contributed by atoms with Crippen LogP contribution in [0.1, 0.15) is 26.2 Å². The molecule has 20 heavy (non-hydrogen) atoms. The molecule has 0 amide bonds. The topological polar surface area (TPSA) is 84.6 Å². The standard InChI is InChI=1S/C14H20N2O4/c1-14(9-17)7-3-4-13(14)15-10-5-6-11(16(18)19)12(8-10)20-2/h5-6,8,13,15,17H,3-4,7,9H2,1-2H3. The predicted octanol–water partition coefficient (Wildman–Crippen LogP) is 2.57. The Hall–Kier alpha value is -1.82. The van der Waals surface area contributed by atoms with E-state index in [-0.39, 0.29) is 29.5 Å². The summed E-state index contributed by atoms with van der Waals surface area (Å²) in [5.74, 6) is 0.240. The summed E-state index contributed by atoms with van der Waals surface area (Å²) in [6.07, 6.45) is 3.03. The van der Waals surface area contributed by atoms with Crippen molar-refractivity contribution in [1.29, 1.82) is 0 Å². The minimum atomic E-state index is -0.462. The molecule has 6 nitrogen and oxygen atoms in total. The Bertz CT molecular complexity index is 506. The average molecular weight is 280 g/mol. The third kappa shape index (κ3) is 2.70. The van der Waals surface area contributed by atoms with Crippen molar-refractivity contribution in [2.45, 2.75) is 32.2 Å². The molecule has 0 heterocycles. The van der Waals surface area contributed by atoms with Gasteiger partial charge in [0.25, 0.3) is 0 Å². The van der Waals surface area contributed by atoms with Gasteiger partial charge in [-0.1, -0.05) is 13.3 Å². The zero-order chi connectivity index (χ0) is 14.8. The van der Waals surface area contributed by atoms with Gasteiger partial charge < -0.3 is 15.2 Å². The molecule has 1 aliphatic carbocycles. The van der Waals surface area contributed by atoms with Gasteiger partial charge >= 0.3 is 5.69 Å². The molecule has 110 valence electrons. The Labute approximate surface area is 117 Å². The van der Waals surface area contributed by atoms with Crippen LogP contribution in [-0.4, -0.2) is 29.8 Å². The number of benzene rings is 1. The van der Waals surface area contributed by atoms with Crippen LogP contribution in [0.5, 0.6) is 5.75 Å². The van der Waals surface area contributed by atoms with Crippen molar-refractivity contribution >= 4 is 11.4 Å². The van der Waals surface area contributed by atoms with Gasteiger partial charge in [-0.3, -0.25) is 10.1 Å². The number of methoxy groups -OCH3 is 1. The first-order valence-electron chi connectivity index (χ1n) is 6.70. The van der Waals surface area contributed by atoms with E-state index in [9.17, 15) is 15.2 Å². The van der Waals surface area contributed by atoms with Gasteiger partial charge in [-0.05, 0) is 18.9 Å². The number of hydrogen-bond acceptors (Lipinski definition) is 5. The smallest absolute Gasteiger partial charge is 0.311 e. The summed E-state index contributed by atoms with van der Waals surface area (Å²) in [4.78, 5) is 10.4. The normalized spacial score (nSPS) is 25.4. The van der Waals surface area contributed by atoms with Crippen LogP contribution in [0, 0.1) is 15.5 Å². The molecule has 0 aromatic heterocycles. The van der Waals surface area contributed by atoms with E-state index in [0.29, 0.717) is 0 Å². The second-order valence-electron chi connectivity index (χ2n) is 5.55. The van der Waals surface area contributed by atoms with Gasteiger partial charge in [-0.25, -0.2) is 0 Å². The van der Waals surface area contributed by atoms with Crippen LogP contribution in [0.25, 0.3) is 0 Å². The lowest BCUT2D eigenvalue weighted by atomic mass is 9.85. The highest BCUT2D eigenvalue weighted by atomic mass is 16.6. The number of nitro groups is 1. The molecule has 1 fully saturated rings. The minimum absolute atomic E-state index is 0.0469. The molecule has 2 N–H and O–H groups in total.